The molecule has 0 aliphatic rings. The summed E-state index contributed by atoms with van der Waals surface area (Å²) in [6.45, 7) is 0. The van der Waals surface area contributed by atoms with Gasteiger partial charge >= 0.3 is 0 Å². The van der Waals surface area contributed by atoms with Gasteiger partial charge in [-0.3, -0.25) is 0 Å². The maximum absolute atomic E-state index is 10.8. The van der Waals surface area contributed by atoms with Gasteiger partial charge in [0.15, 0.2) is 11.4 Å². The van der Waals surface area contributed by atoms with Crippen molar-refractivity contribution in [1.82, 2.24) is 19.1 Å². The lowest BCUT2D eigenvalue weighted by molar-refractivity contribution is 0.666. The standard InChI is InChI=1S/C65H37N5OS/c66-38-51-60(39-18-4-1-5-19-39)67-65(68-61(51)40-20-6-2-7-21-40)47-33-34-54(64-58(47)46-27-12-16-30-55(46)71-64)70-52-28-14-10-24-43(52)50-37-48(41-32-35-57-49(36-41)44-25-13-17-31-56(44)72-57)62-59(63(50)70)45-26-11-15-29-53(45)69(62)42-22-8-3-9-23-42/h1-37H. The number of fused-ring (bicyclic) bond motifs is 13. The maximum Gasteiger partial charge on any atom is 0.161 e. The third kappa shape index (κ3) is 5.88. The van der Waals surface area contributed by atoms with Crippen LogP contribution in [0.25, 0.3) is 142 Å². The van der Waals surface area contributed by atoms with E-state index in [-0.39, 0.29) is 0 Å². The predicted molar refractivity (Wildman–Crippen MR) is 297 cm³/mol. The largest absolute Gasteiger partial charge is 0.454 e. The number of benzene rings is 10. The van der Waals surface area contributed by atoms with Gasteiger partial charge in [0, 0.05) is 80.4 Å². The average molecular weight is 936 g/mol. The Kier molecular flexibility index (Phi) is 8.79. The van der Waals surface area contributed by atoms with Gasteiger partial charge in [0.1, 0.15) is 17.2 Å². The van der Waals surface area contributed by atoms with E-state index in [4.69, 9.17) is 14.4 Å². The molecule has 0 radical (unpaired) electrons. The highest BCUT2D eigenvalue weighted by Gasteiger charge is 2.28. The number of aromatic nitrogens is 4. The lowest BCUT2D eigenvalue weighted by atomic mass is 9.96. The molecule has 5 heterocycles. The van der Waals surface area contributed by atoms with E-state index in [0.717, 1.165) is 99.2 Å². The maximum atomic E-state index is 10.8. The second-order valence-electron chi connectivity index (χ2n) is 18.3. The molecule has 72 heavy (non-hydrogen) atoms. The second kappa shape index (κ2) is 15.7. The molecule has 0 spiro atoms. The molecule has 0 saturated heterocycles. The number of hydrogen-bond donors (Lipinski definition) is 0. The summed E-state index contributed by atoms with van der Waals surface area (Å²) in [7, 11) is 0. The molecular weight excluding hydrogens is 899 g/mol. The Labute approximate surface area is 416 Å². The molecule has 0 saturated carbocycles. The molecule has 6 nitrogen and oxygen atoms in total. The summed E-state index contributed by atoms with van der Waals surface area (Å²) in [4.78, 5) is 10.6. The van der Waals surface area contributed by atoms with Crippen molar-refractivity contribution in [2.45, 2.75) is 0 Å². The number of furan rings is 1. The Morgan fingerprint density at radius 2 is 1.03 bits per heavy atom. The molecule has 0 aliphatic carbocycles. The molecule has 0 N–H and O–H groups in total. The topological polar surface area (TPSA) is 72.6 Å². The number of rotatable bonds is 6. The van der Waals surface area contributed by atoms with Crippen LogP contribution in [-0.2, 0) is 0 Å². The summed E-state index contributed by atoms with van der Waals surface area (Å²) in [5.41, 5.74) is 14.2. The minimum Gasteiger partial charge on any atom is -0.454 e. The summed E-state index contributed by atoms with van der Waals surface area (Å²) in [5.74, 6) is 0.505. The van der Waals surface area contributed by atoms with E-state index in [2.05, 4.69) is 167 Å². The van der Waals surface area contributed by atoms with E-state index >= 15 is 0 Å². The van der Waals surface area contributed by atoms with Crippen molar-refractivity contribution in [2.75, 3.05) is 0 Å². The van der Waals surface area contributed by atoms with Gasteiger partial charge < -0.3 is 13.6 Å². The van der Waals surface area contributed by atoms with Gasteiger partial charge in [-0.1, -0.05) is 158 Å². The molecule has 5 aromatic heterocycles. The summed E-state index contributed by atoms with van der Waals surface area (Å²) < 4.78 is 14.6. The zero-order valence-corrected chi connectivity index (χ0v) is 39.2. The number of nitriles is 1. The van der Waals surface area contributed by atoms with Crippen molar-refractivity contribution < 1.29 is 4.42 Å². The van der Waals surface area contributed by atoms with Crippen molar-refractivity contribution in [3.05, 3.63) is 230 Å². The van der Waals surface area contributed by atoms with E-state index in [9.17, 15) is 5.26 Å². The summed E-state index contributed by atoms with van der Waals surface area (Å²) in [6, 6.07) is 81.3. The SMILES string of the molecule is N#Cc1c(-c2ccccc2)nc(-c2ccc(-n3c4ccccc4c4cc(-c5ccc6sc7ccccc7c6c5)c5c(c6ccccc6n5-c5ccccc5)c43)c3oc4ccccc4c23)nc1-c1ccccc1. The Balaban J connectivity index is 1.08. The lowest BCUT2D eigenvalue weighted by Gasteiger charge is -2.15. The first-order chi connectivity index (χ1) is 35.7. The Bertz CT molecular complexity index is 4690. The molecule has 10 aromatic carbocycles. The van der Waals surface area contributed by atoms with Crippen molar-refractivity contribution in [2.24, 2.45) is 0 Å². The van der Waals surface area contributed by atoms with Crippen LogP contribution >= 0.6 is 11.3 Å². The van der Waals surface area contributed by atoms with Gasteiger partial charge in [0.05, 0.1) is 39.1 Å². The van der Waals surface area contributed by atoms with Crippen molar-refractivity contribution in [3.8, 4) is 62.5 Å². The number of para-hydroxylation sites is 4. The van der Waals surface area contributed by atoms with E-state index in [1.165, 1.54) is 20.2 Å². The normalized spacial score (nSPS) is 11.9. The zero-order valence-electron chi connectivity index (χ0n) is 38.4. The molecule has 0 bridgehead atoms. The minimum atomic E-state index is 0.424. The monoisotopic (exact) mass is 935 g/mol. The number of hydrogen-bond acceptors (Lipinski definition) is 5. The fourth-order valence-corrected chi connectivity index (χ4v) is 12.4. The van der Waals surface area contributed by atoms with Crippen molar-refractivity contribution in [1.29, 1.82) is 5.26 Å². The van der Waals surface area contributed by atoms with Crippen LogP contribution in [0.5, 0.6) is 0 Å². The van der Waals surface area contributed by atoms with Crippen LogP contribution in [0.3, 0.4) is 0 Å². The minimum absolute atomic E-state index is 0.424. The summed E-state index contributed by atoms with van der Waals surface area (Å²) in [5, 5.41) is 19.7. The van der Waals surface area contributed by atoms with Crippen molar-refractivity contribution >= 4 is 97.1 Å². The first kappa shape index (κ1) is 40.3. The average Bonchev–Trinajstić information content (AvgIpc) is 4.21. The van der Waals surface area contributed by atoms with Gasteiger partial charge in [-0.05, 0) is 72.3 Å². The molecule has 0 amide bonds. The van der Waals surface area contributed by atoms with Crippen LogP contribution in [-0.4, -0.2) is 19.1 Å². The summed E-state index contributed by atoms with van der Waals surface area (Å²) >= 11 is 1.84. The predicted octanol–water partition coefficient (Wildman–Crippen LogP) is 17.5. The van der Waals surface area contributed by atoms with Gasteiger partial charge in [-0.15, -0.1) is 11.3 Å². The third-order valence-electron chi connectivity index (χ3n) is 14.4. The number of nitrogens with zero attached hydrogens (tertiary/aromatic N) is 5. The molecule has 0 atom stereocenters. The third-order valence-corrected chi connectivity index (χ3v) is 15.5. The van der Waals surface area contributed by atoms with Crippen molar-refractivity contribution in [3.63, 3.8) is 0 Å². The Morgan fingerprint density at radius 1 is 0.431 bits per heavy atom. The van der Waals surface area contributed by atoms with Crippen LogP contribution < -0.4 is 0 Å². The van der Waals surface area contributed by atoms with Crippen LogP contribution in [0.1, 0.15) is 5.56 Å². The Hall–Kier alpha value is -9.61. The fourth-order valence-electron chi connectivity index (χ4n) is 11.3. The molecule has 0 aliphatic heterocycles. The van der Waals surface area contributed by atoms with Gasteiger partial charge in [-0.2, -0.15) is 5.26 Å². The lowest BCUT2D eigenvalue weighted by Crippen LogP contribution is -2.02. The molecule has 334 valence electrons. The Morgan fingerprint density at radius 3 is 1.75 bits per heavy atom. The van der Waals surface area contributed by atoms with E-state index in [0.29, 0.717) is 28.4 Å². The van der Waals surface area contributed by atoms with Gasteiger partial charge in [0.25, 0.3) is 0 Å². The highest BCUT2D eigenvalue weighted by Crippen LogP contribution is 2.49. The van der Waals surface area contributed by atoms with E-state index in [1.807, 2.05) is 84.1 Å². The molecule has 0 fully saturated rings. The van der Waals surface area contributed by atoms with Crippen LogP contribution in [0.15, 0.2) is 229 Å². The van der Waals surface area contributed by atoms with Crippen LogP contribution in [0.2, 0.25) is 0 Å². The zero-order chi connectivity index (χ0) is 47.4. The molecule has 7 heteroatoms. The molecule has 15 rings (SSSR count). The van der Waals surface area contributed by atoms with Crippen LogP contribution in [0, 0.1) is 11.3 Å². The van der Waals surface area contributed by atoms with E-state index < -0.39 is 0 Å². The smallest absolute Gasteiger partial charge is 0.161 e. The second-order valence-corrected chi connectivity index (χ2v) is 19.4. The highest BCUT2D eigenvalue weighted by atomic mass is 32.1. The molecule has 0 unspecified atom stereocenters. The first-order valence-corrected chi connectivity index (χ1v) is 24.9. The highest BCUT2D eigenvalue weighted by molar-refractivity contribution is 7.25. The van der Waals surface area contributed by atoms with E-state index in [1.54, 1.807) is 0 Å². The summed E-state index contributed by atoms with van der Waals surface area (Å²) in [6.07, 6.45) is 0. The first-order valence-electron chi connectivity index (χ1n) is 24.0. The fraction of sp³-hybridized carbons (Fsp3) is 0. The molecular formula is C65H37N5OS. The van der Waals surface area contributed by atoms with Gasteiger partial charge in [0.2, 0.25) is 0 Å². The van der Waals surface area contributed by atoms with Gasteiger partial charge in [-0.25, -0.2) is 9.97 Å². The molecule has 15 aromatic rings. The number of thiophene rings is 1. The van der Waals surface area contributed by atoms with Crippen LogP contribution in [0.4, 0.5) is 0 Å². The quantitative estimate of drug-likeness (QED) is 0.166.